The number of hydrogen-bond acceptors (Lipinski definition) is 5. The highest BCUT2D eigenvalue weighted by atomic mass is 16.5. The van der Waals surface area contributed by atoms with Crippen molar-refractivity contribution in [2.75, 3.05) is 6.54 Å². The summed E-state index contributed by atoms with van der Waals surface area (Å²) < 4.78 is 12.0. The predicted molar refractivity (Wildman–Crippen MR) is 146 cm³/mol. The van der Waals surface area contributed by atoms with Gasteiger partial charge in [-0.15, -0.1) is 0 Å². The average Bonchev–Trinajstić information content (AvgIpc) is 2.95. The number of likely N-dealkylation sites (tertiary alicyclic amines) is 1. The molecule has 2 aliphatic carbocycles. The van der Waals surface area contributed by atoms with Crippen LogP contribution < -0.4 is 10.4 Å². The zero-order chi connectivity index (χ0) is 26.3. The molecule has 6 nitrogen and oxygen atoms in total. The summed E-state index contributed by atoms with van der Waals surface area (Å²) in [5.74, 6) is 0.481. The lowest BCUT2D eigenvalue weighted by molar-refractivity contribution is -0.161. The van der Waals surface area contributed by atoms with Crippen LogP contribution >= 0.6 is 0 Å². The second-order valence-corrected chi connectivity index (χ2v) is 11.3. The fourth-order valence-electron chi connectivity index (χ4n) is 7.15. The Morgan fingerprint density at radius 1 is 1.08 bits per heavy atom. The van der Waals surface area contributed by atoms with E-state index in [0.29, 0.717) is 30.7 Å². The first-order chi connectivity index (χ1) is 18.5. The molecule has 1 amide bonds. The molecule has 3 aliphatic rings. The van der Waals surface area contributed by atoms with Gasteiger partial charge in [0, 0.05) is 29.5 Å². The number of amides is 1. The van der Waals surface area contributed by atoms with Crippen LogP contribution in [0.15, 0.2) is 57.7 Å². The number of ether oxygens (including phenoxy) is 1. The molecular formula is C32H37NO5. The Morgan fingerprint density at radius 2 is 1.87 bits per heavy atom. The smallest absolute Gasteiger partial charge is 0.339 e. The van der Waals surface area contributed by atoms with Gasteiger partial charge in [-0.25, -0.2) is 4.79 Å². The van der Waals surface area contributed by atoms with Crippen LogP contribution in [0.2, 0.25) is 0 Å². The van der Waals surface area contributed by atoms with E-state index in [1.54, 1.807) is 6.07 Å². The minimum Gasteiger partial charge on any atom is -0.480 e. The zero-order valence-electron chi connectivity index (χ0n) is 22.2. The van der Waals surface area contributed by atoms with Gasteiger partial charge in [0.25, 0.3) is 5.91 Å². The minimum absolute atomic E-state index is 0.00924. The highest BCUT2D eigenvalue weighted by Gasteiger charge is 2.50. The Kier molecular flexibility index (Phi) is 6.77. The van der Waals surface area contributed by atoms with Crippen LogP contribution in [0.5, 0.6) is 5.75 Å². The second-order valence-electron chi connectivity index (χ2n) is 11.3. The molecule has 4 atom stereocenters. The second kappa shape index (κ2) is 10.2. The summed E-state index contributed by atoms with van der Waals surface area (Å²) in [5.41, 5.74) is 2.50. The molecule has 0 unspecified atom stereocenters. The quantitative estimate of drug-likeness (QED) is 0.440. The standard InChI is InChI=1S/C32H37NO5/c1-2-27(37-22-15-16-24-23-12-6-7-13-25(23)31(35)38-28(24)20-22)30(34)33-19-18-32(36)17-9-8-14-26(32)29(33)21-10-4-3-5-11-21/h3-5,10-11,15-16,20,26-27,29,36H,2,6-9,12-14,17-19H2,1H3/t26-,27+,29-,32-/m1/s1. The summed E-state index contributed by atoms with van der Waals surface area (Å²) in [6.07, 6.45) is 7.99. The van der Waals surface area contributed by atoms with Crippen LogP contribution in [0.25, 0.3) is 11.0 Å². The van der Waals surface area contributed by atoms with Gasteiger partial charge in [-0.3, -0.25) is 4.79 Å². The van der Waals surface area contributed by atoms with Crippen molar-refractivity contribution in [1.29, 1.82) is 0 Å². The molecule has 6 heteroatoms. The number of rotatable bonds is 5. The van der Waals surface area contributed by atoms with Gasteiger partial charge in [-0.1, -0.05) is 50.1 Å². The molecule has 1 saturated carbocycles. The number of aryl methyl sites for hydroxylation is 1. The molecular weight excluding hydrogens is 478 g/mol. The molecule has 1 N–H and O–H groups in total. The van der Waals surface area contributed by atoms with Gasteiger partial charge in [0.2, 0.25) is 0 Å². The molecule has 6 rings (SSSR count). The van der Waals surface area contributed by atoms with E-state index in [9.17, 15) is 14.7 Å². The summed E-state index contributed by atoms with van der Waals surface area (Å²) in [6.45, 7) is 2.46. The van der Waals surface area contributed by atoms with E-state index >= 15 is 0 Å². The van der Waals surface area contributed by atoms with Crippen molar-refractivity contribution in [3.05, 3.63) is 75.6 Å². The van der Waals surface area contributed by atoms with E-state index < -0.39 is 11.7 Å². The van der Waals surface area contributed by atoms with Crippen molar-refractivity contribution in [1.82, 2.24) is 4.90 Å². The summed E-state index contributed by atoms with van der Waals surface area (Å²) in [6, 6.07) is 15.6. The fraction of sp³-hybridized carbons (Fsp3) is 0.500. The van der Waals surface area contributed by atoms with Gasteiger partial charge in [0.15, 0.2) is 6.10 Å². The number of carbonyl (C=O) groups excluding carboxylic acids is 1. The SMILES string of the molecule is CC[C@H](Oc1ccc2c3c(c(=O)oc2c1)CCCC3)C(=O)N1CC[C@]2(O)CCCC[C@@H]2[C@H]1c1ccccc1. The van der Waals surface area contributed by atoms with Gasteiger partial charge in [-0.05, 0) is 74.6 Å². The third kappa shape index (κ3) is 4.43. The largest absolute Gasteiger partial charge is 0.480 e. The predicted octanol–water partition coefficient (Wildman–Crippen LogP) is 5.72. The Balaban J connectivity index is 1.29. The molecule has 2 aromatic carbocycles. The molecule has 2 heterocycles. The molecule has 3 aromatic rings. The Morgan fingerprint density at radius 3 is 2.66 bits per heavy atom. The van der Waals surface area contributed by atoms with E-state index in [2.05, 4.69) is 12.1 Å². The maximum atomic E-state index is 14.1. The van der Waals surface area contributed by atoms with Crippen molar-refractivity contribution >= 4 is 16.9 Å². The van der Waals surface area contributed by atoms with E-state index in [1.807, 2.05) is 42.2 Å². The normalized spacial score (nSPS) is 25.9. The van der Waals surface area contributed by atoms with Crippen LogP contribution in [0.4, 0.5) is 0 Å². The van der Waals surface area contributed by atoms with E-state index in [1.165, 1.54) is 0 Å². The topological polar surface area (TPSA) is 80.0 Å². The fourth-order valence-corrected chi connectivity index (χ4v) is 7.15. The maximum Gasteiger partial charge on any atom is 0.339 e. The molecule has 1 aromatic heterocycles. The number of fused-ring (bicyclic) bond motifs is 4. The van der Waals surface area contributed by atoms with Crippen LogP contribution in [-0.4, -0.2) is 34.2 Å². The molecule has 0 radical (unpaired) electrons. The van der Waals surface area contributed by atoms with Crippen molar-refractivity contribution in [2.24, 2.45) is 5.92 Å². The van der Waals surface area contributed by atoms with Crippen LogP contribution in [0.1, 0.15) is 81.0 Å². The third-order valence-electron chi connectivity index (χ3n) is 9.11. The number of piperidine rings is 1. The first-order valence-corrected chi connectivity index (χ1v) is 14.3. The van der Waals surface area contributed by atoms with Crippen LogP contribution in [0.3, 0.4) is 0 Å². The van der Waals surface area contributed by atoms with Gasteiger partial charge < -0.3 is 19.2 Å². The third-order valence-corrected chi connectivity index (χ3v) is 9.11. The number of nitrogens with zero attached hydrogens (tertiary/aromatic N) is 1. The minimum atomic E-state index is -0.729. The maximum absolute atomic E-state index is 14.1. The van der Waals surface area contributed by atoms with Gasteiger partial charge in [0.1, 0.15) is 11.3 Å². The summed E-state index contributed by atoms with van der Waals surface area (Å²) >= 11 is 0. The monoisotopic (exact) mass is 515 g/mol. The van der Waals surface area contributed by atoms with Crippen LogP contribution in [0, 0.1) is 5.92 Å². The molecule has 0 spiro atoms. The zero-order valence-corrected chi connectivity index (χ0v) is 22.2. The molecule has 200 valence electrons. The Hall–Kier alpha value is -3.12. The number of aliphatic hydroxyl groups is 1. The summed E-state index contributed by atoms with van der Waals surface area (Å²) in [5, 5.41) is 12.5. The summed E-state index contributed by atoms with van der Waals surface area (Å²) in [7, 11) is 0. The number of benzene rings is 2. The number of carbonyl (C=O) groups is 1. The van der Waals surface area contributed by atoms with E-state index in [4.69, 9.17) is 9.15 Å². The lowest BCUT2D eigenvalue weighted by Gasteiger charge is -2.53. The van der Waals surface area contributed by atoms with Crippen molar-refractivity contribution in [3.8, 4) is 5.75 Å². The lowest BCUT2D eigenvalue weighted by Crippen LogP contribution is -2.58. The Labute approximate surface area is 223 Å². The van der Waals surface area contributed by atoms with Crippen molar-refractivity contribution in [3.63, 3.8) is 0 Å². The Bertz CT molecular complexity index is 1380. The van der Waals surface area contributed by atoms with Crippen molar-refractivity contribution < 1.29 is 19.1 Å². The van der Waals surface area contributed by atoms with Gasteiger partial charge >= 0.3 is 5.63 Å². The van der Waals surface area contributed by atoms with E-state index in [0.717, 1.165) is 73.4 Å². The molecule has 38 heavy (non-hydrogen) atoms. The molecule has 1 aliphatic heterocycles. The molecule has 2 fully saturated rings. The highest BCUT2D eigenvalue weighted by Crippen LogP contribution is 2.49. The lowest BCUT2D eigenvalue weighted by atomic mass is 9.66. The average molecular weight is 516 g/mol. The first kappa shape index (κ1) is 25.2. The highest BCUT2D eigenvalue weighted by molar-refractivity contribution is 5.84. The molecule has 0 bridgehead atoms. The van der Waals surface area contributed by atoms with Crippen molar-refractivity contribution in [2.45, 2.75) is 88.9 Å². The van der Waals surface area contributed by atoms with Gasteiger partial charge in [-0.2, -0.15) is 0 Å². The van der Waals surface area contributed by atoms with Crippen LogP contribution in [-0.2, 0) is 17.6 Å². The summed E-state index contributed by atoms with van der Waals surface area (Å²) in [4.78, 5) is 28.6. The number of hydrogen-bond donors (Lipinski definition) is 1. The van der Waals surface area contributed by atoms with E-state index in [-0.39, 0.29) is 23.5 Å². The first-order valence-electron chi connectivity index (χ1n) is 14.3. The van der Waals surface area contributed by atoms with Gasteiger partial charge in [0.05, 0.1) is 11.6 Å². The molecule has 1 saturated heterocycles.